The van der Waals surface area contributed by atoms with Crippen LogP contribution in [0.5, 0.6) is 5.75 Å². The van der Waals surface area contributed by atoms with E-state index in [1.54, 1.807) is 11.4 Å². The van der Waals surface area contributed by atoms with Crippen molar-refractivity contribution in [3.8, 4) is 5.75 Å². The normalized spacial score (nSPS) is 15.4. The molecule has 1 N–H and O–H groups in total. The van der Waals surface area contributed by atoms with E-state index in [-0.39, 0.29) is 0 Å². The van der Waals surface area contributed by atoms with E-state index in [0.717, 1.165) is 12.3 Å². The number of carbonyl (C=O) groups is 1. The fourth-order valence-corrected chi connectivity index (χ4v) is 1.98. The molecule has 76 valence electrons. The van der Waals surface area contributed by atoms with Crippen LogP contribution in [0.2, 0.25) is 0 Å². The summed E-state index contributed by atoms with van der Waals surface area (Å²) in [7, 11) is 0. The zero-order chi connectivity index (χ0) is 9.97. The molecule has 1 saturated carbocycles. The maximum Gasteiger partial charge on any atom is 0.349 e. The fourth-order valence-electron chi connectivity index (χ4n) is 1.31. The predicted octanol–water partition coefficient (Wildman–Crippen LogP) is 2.63. The molecule has 0 radical (unpaired) electrons. The van der Waals surface area contributed by atoms with Crippen LogP contribution >= 0.6 is 11.3 Å². The molecule has 0 unspecified atom stereocenters. The van der Waals surface area contributed by atoms with Gasteiger partial charge in [0.2, 0.25) is 0 Å². The average Bonchev–Trinajstić information content (AvgIpc) is 2.82. The van der Waals surface area contributed by atoms with E-state index in [4.69, 9.17) is 9.84 Å². The van der Waals surface area contributed by atoms with Crippen LogP contribution in [0.1, 0.15) is 28.9 Å². The molecule has 2 rings (SSSR count). The number of thiophene rings is 1. The standard InChI is InChI=1S/C10H12O3S/c11-10(12)9-8(4-6-14-9)13-5-3-7-1-2-7/h4,6-7H,1-3,5H2,(H,11,12). The number of ether oxygens (including phenoxy) is 1. The molecular formula is C10H12O3S. The Kier molecular flexibility index (Phi) is 2.72. The lowest BCUT2D eigenvalue weighted by molar-refractivity contribution is 0.0698. The molecule has 1 heterocycles. The van der Waals surface area contributed by atoms with Gasteiger partial charge in [-0.25, -0.2) is 4.79 Å². The van der Waals surface area contributed by atoms with Crippen molar-refractivity contribution in [1.82, 2.24) is 0 Å². The van der Waals surface area contributed by atoms with Gasteiger partial charge in [-0.3, -0.25) is 0 Å². The zero-order valence-corrected chi connectivity index (χ0v) is 8.55. The van der Waals surface area contributed by atoms with Crippen LogP contribution < -0.4 is 4.74 Å². The van der Waals surface area contributed by atoms with Gasteiger partial charge in [-0.1, -0.05) is 12.8 Å². The van der Waals surface area contributed by atoms with E-state index < -0.39 is 5.97 Å². The van der Waals surface area contributed by atoms with Crippen molar-refractivity contribution in [2.45, 2.75) is 19.3 Å². The fraction of sp³-hybridized carbons (Fsp3) is 0.500. The van der Waals surface area contributed by atoms with Crippen molar-refractivity contribution < 1.29 is 14.6 Å². The molecule has 0 atom stereocenters. The summed E-state index contributed by atoms with van der Waals surface area (Å²) in [6.45, 7) is 0.641. The van der Waals surface area contributed by atoms with E-state index in [0.29, 0.717) is 17.2 Å². The Morgan fingerprint density at radius 1 is 1.64 bits per heavy atom. The van der Waals surface area contributed by atoms with Gasteiger partial charge in [-0.05, 0) is 23.8 Å². The van der Waals surface area contributed by atoms with Gasteiger partial charge in [-0.2, -0.15) is 0 Å². The summed E-state index contributed by atoms with van der Waals surface area (Å²) in [5.74, 6) is 0.437. The lowest BCUT2D eigenvalue weighted by atomic mass is 10.3. The molecule has 1 aromatic rings. The molecule has 1 aliphatic carbocycles. The average molecular weight is 212 g/mol. The Balaban J connectivity index is 1.87. The van der Waals surface area contributed by atoms with Gasteiger partial charge < -0.3 is 9.84 Å². The number of carboxylic acids is 1. The van der Waals surface area contributed by atoms with Gasteiger partial charge in [0.25, 0.3) is 0 Å². The van der Waals surface area contributed by atoms with Crippen LogP contribution in [0.4, 0.5) is 0 Å². The molecule has 0 aliphatic heterocycles. The first-order valence-electron chi connectivity index (χ1n) is 4.71. The Morgan fingerprint density at radius 3 is 3.07 bits per heavy atom. The predicted molar refractivity (Wildman–Crippen MR) is 54.1 cm³/mol. The van der Waals surface area contributed by atoms with Crippen LogP contribution in [0.25, 0.3) is 0 Å². The lowest BCUT2D eigenvalue weighted by Gasteiger charge is -2.03. The molecular weight excluding hydrogens is 200 g/mol. The highest BCUT2D eigenvalue weighted by Gasteiger charge is 2.21. The summed E-state index contributed by atoms with van der Waals surface area (Å²) in [4.78, 5) is 11.0. The van der Waals surface area contributed by atoms with Crippen LogP contribution in [-0.2, 0) is 0 Å². The van der Waals surface area contributed by atoms with E-state index >= 15 is 0 Å². The van der Waals surface area contributed by atoms with E-state index in [9.17, 15) is 4.79 Å². The number of aromatic carboxylic acids is 1. The van der Waals surface area contributed by atoms with Crippen molar-refractivity contribution in [3.63, 3.8) is 0 Å². The molecule has 0 aromatic carbocycles. The molecule has 0 saturated heterocycles. The second-order valence-electron chi connectivity index (χ2n) is 3.50. The number of hydrogen-bond acceptors (Lipinski definition) is 3. The monoisotopic (exact) mass is 212 g/mol. The first kappa shape index (κ1) is 9.52. The van der Waals surface area contributed by atoms with Crippen molar-refractivity contribution >= 4 is 17.3 Å². The largest absolute Gasteiger partial charge is 0.492 e. The highest BCUT2D eigenvalue weighted by Crippen LogP contribution is 2.33. The lowest BCUT2D eigenvalue weighted by Crippen LogP contribution is -2.01. The molecule has 0 spiro atoms. The van der Waals surface area contributed by atoms with Crippen LogP contribution in [0.3, 0.4) is 0 Å². The summed E-state index contributed by atoms with van der Waals surface area (Å²) in [6, 6.07) is 1.72. The highest BCUT2D eigenvalue weighted by atomic mass is 32.1. The summed E-state index contributed by atoms with van der Waals surface area (Å²) < 4.78 is 5.42. The van der Waals surface area contributed by atoms with E-state index in [2.05, 4.69) is 0 Å². The summed E-state index contributed by atoms with van der Waals surface area (Å²) in [5, 5.41) is 10.6. The molecule has 1 aliphatic rings. The van der Waals surface area contributed by atoms with Crippen LogP contribution in [-0.4, -0.2) is 17.7 Å². The Labute approximate surface area is 86.3 Å². The van der Waals surface area contributed by atoms with Gasteiger partial charge in [-0.15, -0.1) is 11.3 Å². The first-order chi connectivity index (χ1) is 6.77. The van der Waals surface area contributed by atoms with Crippen molar-refractivity contribution in [1.29, 1.82) is 0 Å². The molecule has 0 amide bonds. The maximum atomic E-state index is 10.7. The third-order valence-corrected chi connectivity index (χ3v) is 3.19. The number of hydrogen-bond donors (Lipinski definition) is 1. The highest BCUT2D eigenvalue weighted by molar-refractivity contribution is 7.12. The van der Waals surface area contributed by atoms with Gasteiger partial charge in [0, 0.05) is 0 Å². The first-order valence-corrected chi connectivity index (χ1v) is 5.59. The van der Waals surface area contributed by atoms with Gasteiger partial charge in [0.05, 0.1) is 6.61 Å². The van der Waals surface area contributed by atoms with Crippen LogP contribution in [0.15, 0.2) is 11.4 Å². The molecule has 14 heavy (non-hydrogen) atoms. The summed E-state index contributed by atoms with van der Waals surface area (Å²) in [6.07, 6.45) is 3.66. The number of rotatable bonds is 5. The molecule has 4 heteroatoms. The zero-order valence-electron chi connectivity index (χ0n) is 7.73. The van der Waals surface area contributed by atoms with E-state index in [1.807, 2.05) is 0 Å². The molecule has 1 aromatic heterocycles. The SMILES string of the molecule is O=C(O)c1sccc1OCCC1CC1. The Morgan fingerprint density at radius 2 is 2.43 bits per heavy atom. The second kappa shape index (κ2) is 4.00. The van der Waals surface area contributed by atoms with Crippen molar-refractivity contribution in [2.75, 3.05) is 6.61 Å². The quantitative estimate of drug-likeness (QED) is 0.816. The Hall–Kier alpha value is -1.03. The maximum absolute atomic E-state index is 10.7. The van der Waals surface area contributed by atoms with Crippen LogP contribution in [0, 0.1) is 5.92 Å². The minimum absolute atomic E-state index is 0.306. The van der Waals surface area contributed by atoms with Crippen molar-refractivity contribution in [3.05, 3.63) is 16.3 Å². The van der Waals surface area contributed by atoms with Gasteiger partial charge in [0.1, 0.15) is 5.75 Å². The second-order valence-corrected chi connectivity index (χ2v) is 4.42. The topological polar surface area (TPSA) is 46.5 Å². The van der Waals surface area contributed by atoms with Gasteiger partial charge in [0.15, 0.2) is 4.88 Å². The third-order valence-electron chi connectivity index (χ3n) is 2.30. The molecule has 3 nitrogen and oxygen atoms in total. The van der Waals surface area contributed by atoms with Crippen molar-refractivity contribution in [2.24, 2.45) is 5.92 Å². The molecule has 0 bridgehead atoms. The summed E-state index contributed by atoms with van der Waals surface area (Å²) in [5.41, 5.74) is 0. The molecule has 1 fully saturated rings. The van der Waals surface area contributed by atoms with E-state index in [1.165, 1.54) is 24.2 Å². The third kappa shape index (κ3) is 2.26. The minimum Gasteiger partial charge on any atom is -0.492 e. The minimum atomic E-state index is -0.901. The number of carboxylic acid groups (broad SMARTS) is 1. The van der Waals surface area contributed by atoms with Gasteiger partial charge >= 0.3 is 5.97 Å². The Bertz CT molecular complexity index is 328. The smallest absolute Gasteiger partial charge is 0.349 e. The summed E-state index contributed by atoms with van der Waals surface area (Å²) >= 11 is 1.21.